The summed E-state index contributed by atoms with van der Waals surface area (Å²) in [5.74, 6) is 0.358. The van der Waals surface area contributed by atoms with E-state index in [1.54, 1.807) is 0 Å². The number of carbonyl (C=O) groups excluding carboxylic acids is 1. The molecule has 3 heterocycles. The predicted octanol–water partition coefficient (Wildman–Crippen LogP) is 3.49. The molecule has 1 aromatic heterocycles. The highest BCUT2D eigenvalue weighted by Gasteiger charge is 2.51. The van der Waals surface area contributed by atoms with E-state index < -0.39 is 0 Å². The fraction of sp³-hybridized carbons (Fsp3) is 0.550. The van der Waals surface area contributed by atoms with Gasteiger partial charge in [0.1, 0.15) is 0 Å². The molecule has 2 saturated heterocycles. The molecule has 25 heavy (non-hydrogen) atoms. The maximum Gasteiger partial charge on any atom is 0.236 e. The van der Waals surface area contributed by atoms with Gasteiger partial charge in [0.15, 0.2) is 0 Å². The molecule has 5 heteroatoms. The molecule has 1 unspecified atom stereocenters. The fourth-order valence-electron chi connectivity index (χ4n) is 4.25. The van der Waals surface area contributed by atoms with Crippen LogP contribution < -0.4 is 0 Å². The number of aromatic amines is 1. The minimum absolute atomic E-state index is 0.0242. The second kappa shape index (κ2) is 6.69. The number of likely N-dealkylation sites (tertiary alicyclic amines) is 1. The Morgan fingerprint density at radius 1 is 1.28 bits per heavy atom. The van der Waals surface area contributed by atoms with E-state index in [-0.39, 0.29) is 10.1 Å². The van der Waals surface area contributed by atoms with Crippen molar-refractivity contribution in [1.29, 1.82) is 0 Å². The number of benzene rings is 1. The lowest BCUT2D eigenvalue weighted by atomic mass is 10.0. The first kappa shape index (κ1) is 17.0. The number of para-hydroxylation sites is 1. The number of carbonyl (C=O) groups is 1. The number of nitrogens with zero attached hydrogens (tertiary/aromatic N) is 2. The summed E-state index contributed by atoms with van der Waals surface area (Å²) in [7, 11) is 2.18. The summed E-state index contributed by atoms with van der Waals surface area (Å²) in [4.78, 5) is 21.0. The molecule has 0 bridgehead atoms. The number of hydrogen-bond donors (Lipinski definition) is 1. The average molecular weight is 358 g/mol. The van der Waals surface area contributed by atoms with Crippen LogP contribution in [-0.4, -0.2) is 57.5 Å². The average Bonchev–Trinajstić information content (AvgIpc) is 3.16. The Kier molecular flexibility index (Phi) is 4.54. The van der Waals surface area contributed by atoms with E-state index >= 15 is 0 Å². The Balaban J connectivity index is 1.55. The second-order valence-corrected chi connectivity index (χ2v) is 8.93. The van der Waals surface area contributed by atoms with Crippen LogP contribution in [0, 0.1) is 0 Å². The van der Waals surface area contributed by atoms with Crippen LogP contribution in [0.5, 0.6) is 0 Å². The number of fused-ring (bicyclic) bond motifs is 1. The molecule has 0 aliphatic carbocycles. The Labute approximate surface area is 153 Å². The molecule has 0 saturated carbocycles. The van der Waals surface area contributed by atoms with Gasteiger partial charge in [0.05, 0.1) is 10.1 Å². The van der Waals surface area contributed by atoms with Gasteiger partial charge < -0.3 is 14.8 Å². The first-order valence-electron chi connectivity index (χ1n) is 9.36. The molecular formula is C20H27N3OS. The third kappa shape index (κ3) is 2.97. The highest BCUT2D eigenvalue weighted by Crippen LogP contribution is 2.48. The molecule has 0 radical (unpaired) electrons. The highest BCUT2D eigenvalue weighted by molar-refractivity contribution is 8.02. The van der Waals surface area contributed by atoms with Crippen molar-refractivity contribution < 1.29 is 4.79 Å². The summed E-state index contributed by atoms with van der Waals surface area (Å²) in [5.41, 5.74) is 2.50. The van der Waals surface area contributed by atoms with Crippen LogP contribution in [0.1, 0.15) is 31.7 Å². The maximum absolute atomic E-state index is 13.0. The number of piperidine rings is 1. The highest BCUT2D eigenvalue weighted by atomic mass is 32.2. The molecular weight excluding hydrogens is 330 g/mol. The molecule has 4 nitrogen and oxygen atoms in total. The standard InChI is InChI=1S/C20H27N3OS/c1-3-18-19(24)23(20(25-18)9-12-22(2)13-10-20)11-8-15-14-21-17-7-5-4-6-16(15)17/h4-7,14,18,21H,3,8-13H2,1-2H3. The monoisotopic (exact) mass is 357 g/mol. The number of hydrogen-bond acceptors (Lipinski definition) is 3. The first-order chi connectivity index (χ1) is 12.1. The Morgan fingerprint density at radius 3 is 2.80 bits per heavy atom. The van der Waals surface area contributed by atoms with Crippen molar-refractivity contribution in [3.05, 3.63) is 36.0 Å². The Bertz CT molecular complexity index is 763. The summed E-state index contributed by atoms with van der Waals surface area (Å²) in [5, 5.41) is 1.43. The molecule has 134 valence electrons. The lowest BCUT2D eigenvalue weighted by Crippen LogP contribution is -2.51. The van der Waals surface area contributed by atoms with Crippen LogP contribution in [-0.2, 0) is 11.2 Å². The van der Waals surface area contributed by atoms with E-state index in [4.69, 9.17) is 0 Å². The maximum atomic E-state index is 13.0. The zero-order valence-electron chi connectivity index (χ0n) is 15.1. The van der Waals surface area contributed by atoms with E-state index in [0.717, 1.165) is 45.3 Å². The molecule has 1 amide bonds. The van der Waals surface area contributed by atoms with Gasteiger partial charge in [0.2, 0.25) is 5.91 Å². The fourth-order valence-corrected chi connectivity index (χ4v) is 5.90. The van der Waals surface area contributed by atoms with Crippen molar-refractivity contribution in [1.82, 2.24) is 14.8 Å². The molecule has 1 atom stereocenters. The van der Waals surface area contributed by atoms with Crippen molar-refractivity contribution in [3.8, 4) is 0 Å². The van der Waals surface area contributed by atoms with Crippen LogP contribution >= 0.6 is 11.8 Å². The number of H-pyrrole nitrogens is 1. The van der Waals surface area contributed by atoms with Gasteiger partial charge in [-0.1, -0.05) is 25.1 Å². The van der Waals surface area contributed by atoms with Crippen LogP contribution in [0.2, 0.25) is 0 Å². The smallest absolute Gasteiger partial charge is 0.236 e. The van der Waals surface area contributed by atoms with Gasteiger partial charge in [0.25, 0.3) is 0 Å². The number of nitrogens with one attached hydrogen (secondary N) is 1. The molecule has 1 spiro atoms. The van der Waals surface area contributed by atoms with Crippen LogP contribution in [0.25, 0.3) is 10.9 Å². The van der Waals surface area contributed by atoms with E-state index in [9.17, 15) is 4.79 Å². The second-order valence-electron chi connectivity index (χ2n) is 7.36. The van der Waals surface area contributed by atoms with Crippen molar-refractivity contribution in [2.75, 3.05) is 26.7 Å². The number of thioether (sulfide) groups is 1. The third-order valence-corrected chi connectivity index (χ3v) is 7.70. The van der Waals surface area contributed by atoms with Gasteiger partial charge in [-0.2, -0.15) is 0 Å². The Morgan fingerprint density at radius 2 is 2.04 bits per heavy atom. The molecule has 2 aliphatic rings. The molecule has 2 fully saturated rings. The number of aromatic nitrogens is 1. The van der Waals surface area contributed by atoms with Gasteiger partial charge in [0, 0.05) is 36.7 Å². The van der Waals surface area contributed by atoms with E-state index in [1.165, 1.54) is 16.5 Å². The summed E-state index contributed by atoms with van der Waals surface area (Å²) < 4.78 is 0. The summed E-state index contributed by atoms with van der Waals surface area (Å²) in [6, 6.07) is 8.42. The normalized spacial score (nSPS) is 23.8. The molecule has 2 aliphatic heterocycles. The van der Waals surface area contributed by atoms with E-state index in [2.05, 4.69) is 59.2 Å². The minimum Gasteiger partial charge on any atom is -0.361 e. The summed E-state index contributed by atoms with van der Waals surface area (Å²) in [6.45, 7) is 5.13. The van der Waals surface area contributed by atoms with Gasteiger partial charge >= 0.3 is 0 Å². The van der Waals surface area contributed by atoms with Gasteiger partial charge in [-0.15, -0.1) is 11.8 Å². The van der Waals surface area contributed by atoms with Gasteiger partial charge in [-0.3, -0.25) is 4.79 Å². The zero-order valence-corrected chi connectivity index (χ0v) is 15.9. The zero-order chi connectivity index (χ0) is 17.4. The number of rotatable bonds is 4. The predicted molar refractivity (Wildman–Crippen MR) is 105 cm³/mol. The van der Waals surface area contributed by atoms with Crippen molar-refractivity contribution in [2.24, 2.45) is 0 Å². The lowest BCUT2D eigenvalue weighted by Gasteiger charge is -2.43. The van der Waals surface area contributed by atoms with Crippen LogP contribution in [0.15, 0.2) is 30.5 Å². The summed E-state index contributed by atoms with van der Waals surface area (Å²) in [6.07, 6.45) is 6.14. The SMILES string of the molecule is CCC1SC2(CCN(C)CC2)N(CCc2c[nH]c3ccccc23)C1=O. The van der Waals surface area contributed by atoms with Gasteiger partial charge in [-0.05, 0) is 44.4 Å². The van der Waals surface area contributed by atoms with E-state index in [0.29, 0.717) is 5.91 Å². The third-order valence-electron chi connectivity index (χ3n) is 5.81. The number of amides is 1. The minimum atomic E-state index is 0.0242. The van der Waals surface area contributed by atoms with Gasteiger partial charge in [-0.25, -0.2) is 0 Å². The van der Waals surface area contributed by atoms with Crippen LogP contribution in [0.4, 0.5) is 0 Å². The van der Waals surface area contributed by atoms with Crippen LogP contribution in [0.3, 0.4) is 0 Å². The van der Waals surface area contributed by atoms with Crippen molar-refractivity contribution >= 4 is 28.6 Å². The Hall–Kier alpha value is -1.46. The van der Waals surface area contributed by atoms with E-state index in [1.807, 2.05) is 11.8 Å². The molecule has 1 N–H and O–H groups in total. The molecule has 1 aromatic carbocycles. The largest absolute Gasteiger partial charge is 0.361 e. The first-order valence-corrected chi connectivity index (χ1v) is 10.2. The topological polar surface area (TPSA) is 39.3 Å². The lowest BCUT2D eigenvalue weighted by molar-refractivity contribution is -0.133. The molecule has 2 aromatic rings. The van der Waals surface area contributed by atoms with Crippen molar-refractivity contribution in [3.63, 3.8) is 0 Å². The quantitative estimate of drug-likeness (QED) is 0.910. The van der Waals surface area contributed by atoms with Crippen molar-refractivity contribution in [2.45, 2.75) is 42.7 Å². The molecule has 4 rings (SSSR count). The summed E-state index contributed by atoms with van der Waals surface area (Å²) >= 11 is 1.93.